The maximum absolute atomic E-state index is 11.9. The largest absolute Gasteiger partial charge is 0.481 e. The van der Waals surface area contributed by atoms with Crippen molar-refractivity contribution in [3.05, 3.63) is 29.3 Å². The highest BCUT2D eigenvalue weighted by atomic mass is 16.5. The summed E-state index contributed by atoms with van der Waals surface area (Å²) in [4.78, 5) is 24.0. The van der Waals surface area contributed by atoms with Gasteiger partial charge >= 0.3 is 12.0 Å². The highest BCUT2D eigenvalue weighted by molar-refractivity contribution is 5.91. The second-order valence-corrected chi connectivity index (χ2v) is 4.85. The number of likely N-dealkylation sites (tertiary alicyclic amines) is 1. The van der Waals surface area contributed by atoms with Crippen LogP contribution in [0, 0.1) is 5.92 Å². The van der Waals surface area contributed by atoms with E-state index in [-0.39, 0.29) is 19.1 Å². The molecule has 2 N–H and O–H groups in total. The Labute approximate surface area is 110 Å². The van der Waals surface area contributed by atoms with E-state index >= 15 is 0 Å². The summed E-state index contributed by atoms with van der Waals surface area (Å²) in [6.07, 6.45) is 0. The molecule has 6 nitrogen and oxygen atoms in total. The van der Waals surface area contributed by atoms with E-state index in [4.69, 9.17) is 9.84 Å². The Morgan fingerprint density at radius 2 is 2.00 bits per heavy atom. The van der Waals surface area contributed by atoms with Crippen molar-refractivity contribution in [3.63, 3.8) is 0 Å². The van der Waals surface area contributed by atoms with E-state index < -0.39 is 11.9 Å². The zero-order valence-electron chi connectivity index (χ0n) is 10.3. The fourth-order valence-corrected chi connectivity index (χ4v) is 2.25. The molecule has 0 saturated carbocycles. The molecule has 0 aliphatic carbocycles. The smallest absolute Gasteiger partial charge is 0.321 e. The lowest BCUT2D eigenvalue weighted by molar-refractivity contribution is -0.145. The molecule has 1 saturated heterocycles. The number of carbonyl (C=O) groups excluding carboxylic acids is 1. The van der Waals surface area contributed by atoms with Gasteiger partial charge in [-0.3, -0.25) is 4.79 Å². The highest BCUT2D eigenvalue weighted by Crippen LogP contribution is 2.24. The number of carboxylic acids is 1. The van der Waals surface area contributed by atoms with Crippen molar-refractivity contribution in [2.45, 2.75) is 13.2 Å². The topological polar surface area (TPSA) is 78.9 Å². The number of hydrogen-bond donors (Lipinski definition) is 2. The Morgan fingerprint density at radius 3 is 2.74 bits per heavy atom. The maximum Gasteiger partial charge on any atom is 0.321 e. The first-order valence-electron chi connectivity index (χ1n) is 6.12. The van der Waals surface area contributed by atoms with E-state index in [1.54, 1.807) is 0 Å². The third-order valence-corrected chi connectivity index (χ3v) is 3.49. The van der Waals surface area contributed by atoms with Crippen LogP contribution in [0.5, 0.6) is 0 Å². The fourth-order valence-electron chi connectivity index (χ4n) is 2.25. The van der Waals surface area contributed by atoms with Crippen LogP contribution in [0.3, 0.4) is 0 Å². The molecule has 1 aromatic rings. The van der Waals surface area contributed by atoms with Crippen LogP contribution in [0.4, 0.5) is 10.5 Å². The fraction of sp³-hybridized carbons (Fsp3) is 0.385. The van der Waals surface area contributed by atoms with Gasteiger partial charge in [-0.1, -0.05) is 6.07 Å². The van der Waals surface area contributed by atoms with Gasteiger partial charge in [-0.15, -0.1) is 0 Å². The molecule has 2 amide bonds. The maximum atomic E-state index is 11.9. The van der Waals surface area contributed by atoms with Gasteiger partial charge in [-0.2, -0.15) is 0 Å². The third-order valence-electron chi connectivity index (χ3n) is 3.49. The van der Waals surface area contributed by atoms with Crippen LogP contribution in [0.1, 0.15) is 11.1 Å². The van der Waals surface area contributed by atoms with E-state index in [0.29, 0.717) is 18.9 Å². The first-order chi connectivity index (χ1) is 9.13. The highest BCUT2D eigenvalue weighted by Gasteiger charge is 2.35. The number of rotatable bonds is 2. The van der Waals surface area contributed by atoms with E-state index in [1.165, 1.54) is 4.90 Å². The number of carboxylic acid groups (broad SMARTS) is 1. The molecule has 19 heavy (non-hydrogen) atoms. The number of urea groups is 1. The number of hydrogen-bond acceptors (Lipinski definition) is 3. The minimum absolute atomic E-state index is 0.253. The molecule has 0 atom stereocenters. The lowest BCUT2D eigenvalue weighted by Gasteiger charge is -2.36. The number of anilines is 1. The summed E-state index contributed by atoms with van der Waals surface area (Å²) in [6.45, 7) is 1.74. The zero-order chi connectivity index (χ0) is 13.4. The van der Waals surface area contributed by atoms with Crippen LogP contribution >= 0.6 is 0 Å². The molecule has 2 aliphatic rings. The molecule has 3 rings (SSSR count). The molecule has 0 bridgehead atoms. The van der Waals surface area contributed by atoms with Crippen molar-refractivity contribution < 1.29 is 19.4 Å². The predicted octanol–water partition coefficient (Wildman–Crippen LogP) is 1.27. The summed E-state index contributed by atoms with van der Waals surface area (Å²) < 4.78 is 5.31. The summed E-state index contributed by atoms with van der Waals surface area (Å²) in [5, 5.41) is 11.5. The quantitative estimate of drug-likeness (QED) is 0.841. The first-order valence-corrected chi connectivity index (χ1v) is 6.12. The Hall–Kier alpha value is -2.08. The number of fused-ring (bicyclic) bond motifs is 1. The Kier molecular flexibility index (Phi) is 2.87. The van der Waals surface area contributed by atoms with Crippen LogP contribution < -0.4 is 5.32 Å². The summed E-state index contributed by atoms with van der Waals surface area (Å²) in [6, 6.07) is 5.42. The SMILES string of the molecule is O=C(O)C1CN(C(=O)Nc2ccc3c(c2)COC3)C1. The Bertz CT molecular complexity index is 537. The van der Waals surface area contributed by atoms with E-state index in [1.807, 2.05) is 18.2 Å². The van der Waals surface area contributed by atoms with Crippen molar-refractivity contribution in [2.24, 2.45) is 5.92 Å². The van der Waals surface area contributed by atoms with Gasteiger partial charge in [0.05, 0.1) is 19.1 Å². The van der Waals surface area contributed by atoms with Crippen molar-refractivity contribution in [1.29, 1.82) is 0 Å². The number of amides is 2. The minimum Gasteiger partial charge on any atom is -0.481 e. The number of benzene rings is 1. The average Bonchev–Trinajstić information content (AvgIpc) is 2.73. The number of ether oxygens (including phenoxy) is 1. The molecule has 2 heterocycles. The van der Waals surface area contributed by atoms with Gasteiger partial charge in [-0.05, 0) is 23.3 Å². The predicted molar refractivity (Wildman–Crippen MR) is 66.7 cm³/mol. The van der Waals surface area contributed by atoms with Crippen LogP contribution in [0.15, 0.2) is 18.2 Å². The Morgan fingerprint density at radius 1 is 1.26 bits per heavy atom. The van der Waals surface area contributed by atoms with E-state index in [0.717, 1.165) is 11.1 Å². The van der Waals surface area contributed by atoms with Gasteiger partial charge in [0.2, 0.25) is 0 Å². The molecule has 0 aromatic heterocycles. The lowest BCUT2D eigenvalue weighted by Crippen LogP contribution is -2.54. The molecular formula is C13H14N2O4. The molecule has 100 valence electrons. The normalized spacial score (nSPS) is 17.8. The third kappa shape index (κ3) is 2.26. The van der Waals surface area contributed by atoms with Crippen LogP contribution in [-0.4, -0.2) is 35.1 Å². The van der Waals surface area contributed by atoms with Gasteiger partial charge in [0.15, 0.2) is 0 Å². The van der Waals surface area contributed by atoms with E-state index in [9.17, 15) is 9.59 Å². The minimum atomic E-state index is -0.848. The van der Waals surface area contributed by atoms with Crippen molar-refractivity contribution >= 4 is 17.7 Å². The number of nitrogens with zero attached hydrogens (tertiary/aromatic N) is 1. The molecular weight excluding hydrogens is 248 g/mol. The number of aliphatic carboxylic acids is 1. The van der Waals surface area contributed by atoms with Gasteiger partial charge in [0.1, 0.15) is 0 Å². The van der Waals surface area contributed by atoms with Gasteiger partial charge < -0.3 is 20.1 Å². The van der Waals surface area contributed by atoms with Crippen molar-refractivity contribution in [1.82, 2.24) is 4.90 Å². The molecule has 1 aromatic carbocycles. The second-order valence-electron chi connectivity index (χ2n) is 4.85. The van der Waals surface area contributed by atoms with Gasteiger partial charge in [-0.25, -0.2) is 4.79 Å². The van der Waals surface area contributed by atoms with E-state index in [2.05, 4.69) is 5.32 Å². The monoisotopic (exact) mass is 262 g/mol. The summed E-state index contributed by atoms with van der Waals surface area (Å²) in [7, 11) is 0. The number of nitrogens with one attached hydrogen (secondary N) is 1. The zero-order valence-corrected chi connectivity index (χ0v) is 10.3. The van der Waals surface area contributed by atoms with Crippen LogP contribution in [0.2, 0.25) is 0 Å². The second kappa shape index (κ2) is 4.55. The molecule has 0 spiro atoms. The molecule has 2 aliphatic heterocycles. The standard InChI is InChI=1S/C13H14N2O4/c16-12(17)10-4-15(5-10)13(18)14-11-2-1-8-6-19-7-9(8)3-11/h1-3,10H,4-7H2,(H,14,18)(H,16,17). The van der Waals surface area contributed by atoms with Gasteiger partial charge in [0.25, 0.3) is 0 Å². The molecule has 0 unspecified atom stereocenters. The summed E-state index contributed by atoms with van der Waals surface area (Å²) in [5.74, 6) is -1.28. The molecule has 1 fully saturated rings. The van der Waals surface area contributed by atoms with Crippen molar-refractivity contribution in [2.75, 3.05) is 18.4 Å². The number of carbonyl (C=O) groups is 2. The summed E-state index contributed by atoms with van der Waals surface area (Å²) in [5.41, 5.74) is 2.95. The lowest BCUT2D eigenvalue weighted by atomic mass is 10.0. The molecule has 0 radical (unpaired) electrons. The first kappa shape index (κ1) is 12.0. The van der Waals surface area contributed by atoms with Gasteiger partial charge in [0, 0.05) is 18.8 Å². The van der Waals surface area contributed by atoms with Crippen LogP contribution in [-0.2, 0) is 22.7 Å². The van der Waals surface area contributed by atoms with Crippen molar-refractivity contribution in [3.8, 4) is 0 Å². The summed E-state index contributed by atoms with van der Waals surface area (Å²) >= 11 is 0. The average molecular weight is 262 g/mol. The van der Waals surface area contributed by atoms with Crippen LogP contribution in [0.25, 0.3) is 0 Å². The Balaban J connectivity index is 1.60. The molecule has 6 heteroatoms.